The summed E-state index contributed by atoms with van der Waals surface area (Å²) < 4.78 is 24.3. The lowest BCUT2D eigenvalue weighted by Crippen LogP contribution is -2.09. The lowest BCUT2D eigenvalue weighted by Gasteiger charge is -2.13. The molecule has 0 aliphatic heterocycles. The Labute approximate surface area is 125 Å². The van der Waals surface area contributed by atoms with E-state index in [9.17, 15) is 9.50 Å². The Morgan fingerprint density at radius 1 is 1.20 bits per heavy atom. The molecule has 0 aromatic heterocycles. The first kappa shape index (κ1) is 14.8. The Hall–Kier alpha value is -1.59. The van der Waals surface area contributed by atoms with E-state index in [1.165, 1.54) is 12.1 Å². The van der Waals surface area contributed by atoms with Crippen LogP contribution >= 0.6 is 15.9 Å². The fourth-order valence-corrected chi connectivity index (χ4v) is 2.18. The van der Waals surface area contributed by atoms with Crippen LogP contribution in [0.4, 0.5) is 4.39 Å². The maximum Gasteiger partial charge on any atom is 0.128 e. The zero-order valence-electron chi connectivity index (χ0n) is 10.8. The summed E-state index contributed by atoms with van der Waals surface area (Å²) in [6, 6.07) is 11.3. The van der Waals surface area contributed by atoms with Gasteiger partial charge in [0.2, 0.25) is 0 Å². The molecule has 0 amide bonds. The molecule has 106 valence electrons. The topological polar surface area (TPSA) is 38.7 Å². The standard InChI is InChI=1S/C15H14BrFO3/c1-19-13-4-2-3-10(5-13)15(18)9-20-14-7-11(16)6-12(17)8-14/h2-8,15,18H,9H2,1H3. The van der Waals surface area contributed by atoms with Crippen LogP contribution in [-0.2, 0) is 0 Å². The fourth-order valence-electron chi connectivity index (χ4n) is 1.73. The molecule has 5 heteroatoms. The summed E-state index contributed by atoms with van der Waals surface area (Å²) in [5.74, 6) is 0.624. The second kappa shape index (κ2) is 6.72. The van der Waals surface area contributed by atoms with Gasteiger partial charge in [-0.3, -0.25) is 0 Å². The molecule has 0 spiro atoms. The minimum absolute atomic E-state index is 0.0308. The predicted molar refractivity (Wildman–Crippen MR) is 77.5 cm³/mol. The van der Waals surface area contributed by atoms with Crippen molar-refractivity contribution < 1.29 is 19.0 Å². The largest absolute Gasteiger partial charge is 0.497 e. The lowest BCUT2D eigenvalue weighted by atomic mass is 10.1. The molecule has 0 saturated carbocycles. The van der Waals surface area contributed by atoms with Crippen molar-refractivity contribution in [2.45, 2.75) is 6.10 Å². The number of methoxy groups -OCH3 is 1. The number of hydrogen-bond donors (Lipinski definition) is 1. The molecular weight excluding hydrogens is 327 g/mol. The van der Waals surface area contributed by atoms with Crippen LogP contribution in [0.2, 0.25) is 0 Å². The summed E-state index contributed by atoms with van der Waals surface area (Å²) in [5, 5.41) is 10.1. The average Bonchev–Trinajstić information content (AvgIpc) is 2.44. The Kier molecular flexibility index (Phi) is 4.98. The van der Waals surface area contributed by atoms with E-state index in [0.717, 1.165) is 0 Å². The van der Waals surface area contributed by atoms with Gasteiger partial charge in [0.1, 0.15) is 30.0 Å². The minimum Gasteiger partial charge on any atom is -0.497 e. The van der Waals surface area contributed by atoms with Crippen molar-refractivity contribution in [3.05, 3.63) is 58.3 Å². The van der Waals surface area contributed by atoms with Crippen LogP contribution in [0.15, 0.2) is 46.9 Å². The van der Waals surface area contributed by atoms with Crippen LogP contribution in [-0.4, -0.2) is 18.8 Å². The third kappa shape index (κ3) is 3.95. The number of ether oxygens (including phenoxy) is 2. The van der Waals surface area contributed by atoms with Gasteiger partial charge in [0.05, 0.1) is 7.11 Å². The number of hydrogen-bond acceptors (Lipinski definition) is 3. The van der Waals surface area contributed by atoms with E-state index in [4.69, 9.17) is 9.47 Å². The Bertz CT molecular complexity index is 569. The monoisotopic (exact) mass is 340 g/mol. The maximum absolute atomic E-state index is 13.2. The van der Waals surface area contributed by atoms with Crippen molar-refractivity contribution in [2.24, 2.45) is 0 Å². The first-order valence-corrected chi connectivity index (χ1v) is 6.78. The summed E-state index contributed by atoms with van der Waals surface area (Å²) in [7, 11) is 1.56. The van der Waals surface area contributed by atoms with Crippen LogP contribution in [0, 0.1) is 5.82 Å². The van der Waals surface area contributed by atoms with Gasteiger partial charge in [0.15, 0.2) is 0 Å². The van der Waals surface area contributed by atoms with Crippen molar-refractivity contribution in [3.63, 3.8) is 0 Å². The smallest absolute Gasteiger partial charge is 0.128 e. The summed E-state index contributed by atoms with van der Waals surface area (Å²) in [6.07, 6.45) is -0.813. The van der Waals surface area contributed by atoms with E-state index in [2.05, 4.69) is 15.9 Å². The second-order valence-electron chi connectivity index (χ2n) is 4.21. The zero-order valence-corrected chi connectivity index (χ0v) is 12.4. The lowest BCUT2D eigenvalue weighted by molar-refractivity contribution is 0.108. The van der Waals surface area contributed by atoms with E-state index >= 15 is 0 Å². The van der Waals surface area contributed by atoms with Crippen molar-refractivity contribution in [3.8, 4) is 11.5 Å². The van der Waals surface area contributed by atoms with Crippen LogP contribution in [0.25, 0.3) is 0 Å². The normalized spacial score (nSPS) is 12.0. The third-order valence-corrected chi connectivity index (χ3v) is 3.18. The van der Waals surface area contributed by atoms with Gasteiger partial charge >= 0.3 is 0 Å². The highest BCUT2D eigenvalue weighted by molar-refractivity contribution is 9.10. The third-order valence-electron chi connectivity index (χ3n) is 2.72. The van der Waals surface area contributed by atoms with E-state index in [1.54, 1.807) is 37.4 Å². The molecule has 20 heavy (non-hydrogen) atoms. The highest BCUT2D eigenvalue weighted by Crippen LogP contribution is 2.23. The Morgan fingerprint density at radius 3 is 2.70 bits per heavy atom. The van der Waals surface area contributed by atoms with Gasteiger partial charge in [0, 0.05) is 10.5 Å². The molecule has 1 atom stereocenters. The molecule has 0 bridgehead atoms. The van der Waals surface area contributed by atoms with E-state index in [-0.39, 0.29) is 6.61 Å². The van der Waals surface area contributed by atoms with Crippen molar-refractivity contribution in [2.75, 3.05) is 13.7 Å². The minimum atomic E-state index is -0.813. The van der Waals surface area contributed by atoms with Gasteiger partial charge in [-0.2, -0.15) is 0 Å². The van der Waals surface area contributed by atoms with Crippen LogP contribution in [0.5, 0.6) is 11.5 Å². The molecule has 0 fully saturated rings. The molecule has 0 aliphatic rings. The second-order valence-corrected chi connectivity index (χ2v) is 5.12. The summed E-state index contributed by atoms with van der Waals surface area (Å²) in [6.45, 7) is 0.0308. The van der Waals surface area contributed by atoms with Gasteiger partial charge < -0.3 is 14.6 Å². The highest BCUT2D eigenvalue weighted by atomic mass is 79.9. The van der Waals surface area contributed by atoms with Gasteiger partial charge in [-0.25, -0.2) is 4.39 Å². The Balaban J connectivity index is 2.02. The van der Waals surface area contributed by atoms with E-state index in [0.29, 0.717) is 21.5 Å². The predicted octanol–water partition coefficient (Wildman–Crippen LogP) is 3.71. The van der Waals surface area contributed by atoms with E-state index < -0.39 is 11.9 Å². The van der Waals surface area contributed by atoms with Crippen LogP contribution in [0.1, 0.15) is 11.7 Å². The summed E-state index contributed by atoms with van der Waals surface area (Å²) >= 11 is 3.18. The molecule has 2 rings (SSSR count). The van der Waals surface area contributed by atoms with E-state index in [1.807, 2.05) is 0 Å². The molecule has 0 heterocycles. The molecule has 0 saturated heterocycles. The molecule has 2 aromatic carbocycles. The first-order valence-electron chi connectivity index (χ1n) is 5.99. The number of aliphatic hydroxyl groups is 1. The van der Waals surface area contributed by atoms with Crippen LogP contribution in [0.3, 0.4) is 0 Å². The summed E-state index contributed by atoms with van der Waals surface area (Å²) in [4.78, 5) is 0. The number of halogens is 2. The zero-order chi connectivity index (χ0) is 14.5. The molecule has 1 N–H and O–H groups in total. The van der Waals surface area contributed by atoms with Crippen molar-refractivity contribution in [1.82, 2.24) is 0 Å². The first-order chi connectivity index (χ1) is 9.58. The number of rotatable bonds is 5. The molecule has 1 unspecified atom stereocenters. The van der Waals surface area contributed by atoms with Crippen molar-refractivity contribution >= 4 is 15.9 Å². The van der Waals surface area contributed by atoms with Gasteiger partial charge in [-0.15, -0.1) is 0 Å². The number of aliphatic hydroxyl groups excluding tert-OH is 1. The molecule has 3 nitrogen and oxygen atoms in total. The van der Waals surface area contributed by atoms with Crippen molar-refractivity contribution in [1.29, 1.82) is 0 Å². The maximum atomic E-state index is 13.2. The highest BCUT2D eigenvalue weighted by Gasteiger charge is 2.10. The molecule has 2 aromatic rings. The summed E-state index contributed by atoms with van der Waals surface area (Å²) in [5.41, 5.74) is 0.680. The van der Waals surface area contributed by atoms with Gasteiger partial charge in [-0.05, 0) is 29.8 Å². The van der Waals surface area contributed by atoms with Crippen LogP contribution < -0.4 is 9.47 Å². The Morgan fingerprint density at radius 2 is 2.00 bits per heavy atom. The molecular formula is C15H14BrFO3. The SMILES string of the molecule is COc1cccc(C(O)COc2cc(F)cc(Br)c2)c1. The van der Waals surface area contributed by atoms with Gasteiger partial charge in [0.25, 0.3) is 0 Å². The van der Waals surface area contributed by atoms with Gasteiger partial charge in [-0.1, -0.05) is 28.1 Å². The number of benzene rings is 2. The fraction of sp³-hybridized carbons (Fsp3) is 0.200. The molecule has 0 aliphatic carbocycles. The quantitative estimate of drug-likeness (QED) is 0.901. The average molecular weight is 341 g/mol. The molecule has 0 radical (unpaired) electrons.